The Kier molecular flexibility index (Phi) is 14.5. The maximum Gasteiger partial charge on any atom is 0.325 e. The van der Waals surface area contributed by atoms with E-state index in [4.69, 9.17) is 16.7 Å². The largest absolute Gasteiger partial charge is 0.507 e. The number of aromatic hydroxyl groups is 1. The highest BCUT2D eigenvalue weighted by Crippen LogP contribution is 2.34. The summed E-state index contributed by atoms with van der Waals surface area (Å²) in [5.74, 6) is -0.00500. The minimum atomic E-state index is -0.989. The number of rotatable bonds is 13. The van der Waals surface area contributed by atoms with E-state index in [0.29, 0.717) is 34.4 Å². The molecule has 2 amide bonds. The van der Waals surface area contributed by atoms with E-state index >= 15 is 0 Å². The number of phenolic OH excluding ortho intramolecular Hbond substituents is 1. The summed E-state index contributed by atoms with van der Waals surface area (Å²) in [5.41, 5.74) is 3.97. The second kappa shape index (κ2) is 18.7. The van der Waals surface area contributed by atoms with Crippen molar-refractivity contribution >= 4 is 35.2 Å². The molecule has 4 N–H and O–H groups in total. The average molecular weight is 703 g/mol. The Morgan fingerprint density at radius 3 is 1.72 bits per heavy atom. The first kappa shape index (κ1) is 38.6. The molecular formula is C41H51ClN2O6. The number of hydrogen-bond acceptors (Lipinski definition) is 5. The van der Waals surface area contributed by atoms with Crippen molar-refractivity contribution in [3.8, 4) is 5.75 Å². The summed E-state index contributed by atoms with van der Waals surface area (Å²) in [7, 11) is 0. The first-order valence-corrected chi connectivity index (χ1v) is 18.2. The third kappa shape index (κ3) is 11.7. The number of nitrogens with one attached hydrogen (secondary N) is 2. The lowest BCUT2D eigenvalue weighted by Gasteiger charge is -2.17. The van der Waals surface area contributed by atoms with Crippen molar-refractivity contribution < 1.29 is 29.4 Å². The smallest absolute Gasteiger partial charge is 0.325 e. The second-order valence-electron chi connectivity index (χ2n) is 14.1. The fourth-order valence-electron chi connectivity index (χ4n) is 7.17. The van der Waals surface area contributed by atoms with Crippen LogP contribution in [0.4, 0.5) is 0 Å². The van der Waals surface area contributed by atoms with Crippen molar-refractivity contribution in [2.24, 2.45) is 23.7 Å². The number of carbonyl (C=O) groups is 4. The Labute approximate surface area is 301 Å². The Hall–Kier alpha value is -4.17. The van der Waals surface area contributed by atoms with Gasteiger partial charge in [0, 0.05) is 23.3 Å². The van der Waals surface area contributed by atoms with Gasteiger partial charge in [-0.15, -0.1) is 0 Å². The molecule has 0 radical (unpaired) electrons. The molecule has 5 rings (SSSR count). The lowest BCUT2D eigenvalue weighted by atomic mass is 9.96. The molecule has 2 aliphatic carbocycles. The molecule has 0 heterocycles. The second-order valence-corrected chi connectivity index (χ2v) is 14.6. The topological polar surface area (TPSA) is 133 Å². The third-order valence-electron chi connectivity index (χ3n) is 10.1. The van der Waals surface area contributed by atoms with Crippen molar-refractivity contribution in [2.75, 3.05) is 0 Å². The van der Waals surface area contributed by atoms with Gasteiger partial charge in [0.2, 0.25) is 11.8 Å². The summed E-state index contributed by atoms with van der Waals surface area (Å²) >= 11 is 6.05. The van der Waals surface area contributed by atoms with Gasteiger partial charge >= 0.3 is 5.97 Å². The molecule has 2 fully saturated rings. The van der Waals surface area contributed by atoms with Gasteiger partial charge in [-0.1, -0.05) is 72.3 Å². The fourth-order valence-corrected chi connectivity index (χ4v) is 7.46. The van der Waals surface area contributed by atoms with Crippen molar-refractivity contribution in [3.63, 3.8) is 0 Å². The summed E-state index contributed by atoms with van der Waals surface area (Å²) in [6.45, 7) is 5.01. The van der Waals surface area contributed by atoms with Crippen molar-refractivity contribution in [3.05, 3.63) is 100 Å². The summed E-state index contributed by atoms with van der Waals surface area (Å²) in [6.07, 6.45) is 8.18. The maximum absolute atomic E-state index is 12.7. The monoisotopic (exact) mass is 702 g/mol. The highest BCUT2D eigenvalue weighted by Gasteiger charge is 2.32. The predicted molar refractivity (Wildman–Crippen MR) is 196 cm³/mol. The van der Waals surface area contributed by atoms with E-state index in [1.807, 2.05) is 36.4 Å². The SMILES string of the molecule is C[C@H](NC(=O)[C@@H]1CC[C@@H](Cc2ccccc2)C1)C(=O)O.Cc1cc(Cl)cc(CCC(=O)[C@H](C)NC(=O)[C@@H]2CC[C@@H](Cc3ccccc3)C2)c1O. The van der Waals surface area contributed by atoms with Gasteiger partial charge in [-0.25, -0.2) is 0 Å². The van der Waals surface area contributed by atoms with Crippen LogP contribution in [0, 0.1) is 30.6 Å². The third-order valence-corrected chi connectivity index (χ3v) is 10.3. The zero-order valence-electron chi connectivity index (χ0n) is 29.4. The van der Waals surface area contributed by atoms with Crippen molar-refractivity contribution in [2.45, 2.75) is 97.1 Å². The van der Waals surface area contributed by atoms with Gasteiger partial charge in [0.1, 0.15) is 11.8 Å². The van der Waals surface area contributed by atoms with Crippen LogP contribution in [-0.2, 0) is 38.4 Å². The van der Waals surface area contributed by atoms with Gasteiger partial charge in [0.05, 0.1) is 6.04 Å². The number of halogens is 1. The van der Waals surface area contributed by atoms with Crippen LogP contribution in [-0.4, -0.2) is 45.9 Å². The first-order chi connectivity index (χ1) is 23.9. The van der Waals surface area contributed by atoms with Crippen LogP contribution in [0.1, 0.15) is 81.0 Å². The zero-order chi connectivity index (χ0) is 36.2. The number of carbonyl (C=O) groups excluding carboxylic acids is 3. The molecule has 50 heavy (non-hydrogen) atoms. The summed E-state index contributed by atoms with van der Waals surface area (Å²) in [4.78, 5) is 47.9. The van der Waals surface area contributed by atoms with Crippen LogP contribution >= 0.6 is 11.6 Å². The number of carboxylic acid groups (broad SMARTS) is 1. The van der Waals surface area contributed by atoms with Crippen LogP contribution in [0.3, 0.4) is 0 Å². The molecular weight excluding hydrogens is 652 g/mol. The number of aryl methyl sites for hydroxylation is 2. The molecule has 9 heteroatoms. The predicted octanol–water partition coefficient (Wildman–Crippen LogP) is 7.25. The molecule has 3 aromatic carbocycles. The number of Topliss-reactive ketones (excluding diaryl/α,β-unsaturated/α-hetero) is 1. The Morgan fingerprint density at radius 1 is 0.760 bits per heavy atom. The number of carboxylic acids is 1. The van der Waals surface area contributed by atoms with E-state index in [-0.39, 0.29) is 41.6 Å². The molecule has 2 aliphatic rings. The van der Waals surface area contributed by atoms with Crippen molar-refractivity contribution in [1.82, 2.24) is 10.6 Å². The molecule has 0 unspecified atom stereocenters. The summed E-state index contributed by atoms with van der Waals surface area (Å²) < 4.78 is 0. The van der Waals surface area contributed by atoms with Crippen molar-refractivity contribution in [1.29, 1.82) is 0 Å². The van der Waals surface area contributed by atoms with Crippen LogP contribution in [0.5, 0.6) is 5.75 Å². The number of phenols is 1. The number of ketones is 1. The van der Waals surface area contributed by atoms with E-state index < -0.39 is 18.1 Å². The van der Waals surface area contributed by atoms with Crippen LogP contribution < -0.4 is 10.6 Å². The van der Waals surface area contributed by atoms with Gasteiger partial charge in [-0.3, -0.25) is 19.2 Å². The fraction of sp³-hybridized carbons (Fsp3) is 0.463. The standard InChI is InChI=1S/C25H30ClNO3.C16H21NO3/c1-16-12-22(26)15-20(24(16)29)10-11-23(28)17(2)27-25(30)21-9-8-19(14-21)13-18-6-4-3-5-7-18;1-11(16(19)20)17-15(18)14-8-7-13(10-14)9-12-5-3-2-4-6-12/h3-7,12,15,17,19,21,29H,8-11,13-14H2,1-2H3,(H,27,30);2-6,11,13-14H,7-10H2,1H3,(H,17,18)(H,19,20)/t17-,19-,21+;11-,13-,14+/m00/s1. The van der Waals surface area contributed by atoms with Crippen LogP contribution in [0.25, 0.3) is 0 Å². The van der Waals surface area contributed by atoms with Gasteiger partial charge in [0.15, 0.2) is 5.78 Å². The minimum absolute atomic E-state index is 0.0198. The quantitative estimate of drug-likeness (QED) is 0.148. The van der Waals surface area contributed by atoms with E-state index in [1.54, 1.807) is 26.0 Å². The Morgan fingerprint density at radius 2 is 1.24 bits per heavy atom. The summed E-state index contributed by atoms with van der Waals surface area (Å²) in [5, 5.41) is 25.0. The molecule has 0 spiro atoms. The Bertz CT molecular complexity index is 1600. The van der Waals surface area contributed by atoms with Crippen LogP contribution in [0.15, 0.2) is 72.8 Å². The van der Waals surface area contributed by atoms with E-state index in [0.717, 1.165) is 51.4 Å². The molecule has 268 valence electrons. The Balaban J connectivity index is 0.000000244. The highest BCUT2D eigenvalue weighted by molar-refractivity contribution is 6.30. The van der Waals surface area contributed by atoms with Gasteiger partial charge in [-0.2, -0.15) is 0 Å². The summed E-state index contributed by atoms with van der Waals surface area (Å²) in [6, 6.07) is 22.7. The molecule has 0 aliphatic heterocycles. The first-order valence-electron chi connectivity index (χ1n) is 17.8. The average Bonchev–Trinajstić information content (AvgIpc) is 3.77. The lowest BCUT2D eigenvalue weighted by Crippen LogP contribution is -2.41. The van der Waals surface area contributed by atoms with Gasteiger partial charge < -0.3 is 20.8 Å². The molecule has 0 aromatic heterocycles. The van der Waals surface area contributed by atoms with Gasteiger partial charge in [-0.05, 0) is 125 Å². The van der Waals surface area contributed by atoms with Crippen LogP contribution in [0.2, 0.25) is 5.02 Å². The highest BCUT2D eigenvalue weighted by atomic mass is 35.5. The number of hydrogen-bond donors (Lipinski definition) is 4. The number of benzene rings is 3. The molecule has 3 aromatic rings. The lowest BCUT2D eigenvalue weighted by molar-refractivity contribution is -0.141. The molecule has 0 saturated heterocycles. The van der Waals surface area contributed by atoms with E-state index in [9.17, 15) is 24.3 Å². The normalized spacial score (nSPS) is 21.0. The van der Waals surface area contributed by atoms with E-state index in [1.165, 1.54) is 18.1 Å². The molecule has 8 nitrogen and oxygen atoms in total. The van der Waals surface area contributed by atoms with E-state index in [2.05, 4.69) is 34.9 Å². The molecule has 6 atom stereocenters. The maximum atomic E-state index is 12.7. The molecule has 0 bridgehead atoms. The molecule has 2 saturated carbocycles. The van der Waals surface area contributed by atoms with Gasteiger partial charge in [0.25, 0.3) is 0 Å². The number of aliphatic carboxylic acids is 1. The number of amides is 2. The minimum Gasteiger partial charge on any atom is -0.507 e. The zero-order valence-corrected chi connectivity index (χ0v) is 30.1.